The molecule has 1 N–H and O–H groups in total. The number of piperidine rings is 1. The number of urea groups is 1. The van der Waals surface area contributed by atoms with E-state index in [0.29, 0.717) is 12.3 Å². The number of carbonyl (C=O) groups excluding carboxylic acids is 1. The minimum atomic E-state index is -0.0597. The third-order valence-corrected chi connectivity index (χ3v) is 6.68. The Balaban J connectivity index is 1.32. The number of likely N-dealkylation sites (tertiary alicyclic amines) is 1. The van der Waals surface area contributed by atoms with Crippen LogP contribution < -0.4 is 10.1 Å². The lowest BCUT2D eigenvalue weighted by molar-refractivity contribution is 0.0926. The van der Waals surface area contributed by atoms with Gasteiger partial charge in [0, 0.05) is 37.2 Å². The standard InChI is InChI=1S/C24H27N3O3/c1-29-20-8-7-18(17-5-3-2-4-6-17)22-19(20)15-21(25-22)26-23(28)27-12-9-24(10-13-27)11-14-30-16-24/h2-8H,9-16H2,1H3,(H,25,26,28). The van der Waals surface area contributed by atoms with Crippen LogP contribution in [0.15, 0.2) is 47.5 Å². The molecule has 6 nitrogen and oxygen atoms in total. The van der Waals surface area contributed by atoms with Crippen molar-refractivity contribution in [1.82, 2.24) is 10.2 Å². The summed E-state index contributed by atoms with van der Waals surface area (Å²) in [6, 6.07) is 14.1. The first kappa shape index (κ1) is 19.1. The molecule has 2 amide bonds. The summed E-state index contributed by atoms with van der Waals surface area (Å²) in [6.45, 7) is 3.24. The van der Waals surface area contributed by atoms with E-state index in [2.05, 4.69) is 17.4 Å². The van der Waals surface area contributed by atoms with E-state index >= 15 is 0 Å². The summed E-state index contributed by atoms with van der Waals surface area (Å²) in [5, 5.41) is 3.05. The maximum atomic E-state index is 12.9. The fraction of sp³-hybridized carbons (Fsp3) is 0.417. The quantitative estimate of drug-likeness (QED) is 0.816. The first-order valence-corrected chi connectivity index (χ1v) is 10.6. The lowest BCUT2D eigenvalue weighted by Crippen LogP contribution is -2.49. The zero-order valence-electron chi connectivity index (χ0n) is 17.3. The molecule has 0 aliphatic carbocycles. The highest BCUT2D eigenvalue weighted by Crippen LogP contribution is 2.42. The number of rotatable bonds is 2. The Hall–Kier alpha value is -2.86. The van der Waals surface area contributed by atoms with Crippen LogP contribution in [0.2, 0.25) is 0 Å². The van der Waals surface area contributed by atoms with Gasteiger partial charge in [-0.25, -0.2) is 9.79 Å². The van der Waals surface area contributed by atoms with Crippen LogP contribution in [0.3, 0.4) is 0 Å². The molecular formula is C24H27N3O3. The maximum absolute atomic E-state index is 12.9. The molecule has 0 bridgehead atoms. The Kier molecular flexibility index (Phi) is 4.95. The Labute approximate surface area is 176 Å². The first-order chi connectivity index (χ1) is 14.7. The predicted octanol–water partition coefficient (Wildman–Crippen LogP) is 4.16. The lowest BCUT2D eigenvalue weighted by Gasteiger charge is -2.38. The maximum Gasteiger partial charge on any atom is 0.322 e. The van der Waals surface area contributed by atoms with E-state index < -0.39 is 0 Å². The molecule has 0 unspecified atom stereocenters. The molecular weight excluding hydrogens is 378 g/mol. The lowest BCUT2D eigenvalue weighted by atomic mass is 9.78. The van der Waals surface area contributed by atoms with Gasteiger partial charge in [-0.3, -0.25) is 5.32 Å². The Morgan fingerprint density at radius 3 is 2.63 bits per heavy atom. The van der Waals surface area contributed by atoms with Crippen LogP contribution in [0.5, 0.6) is 5.75 Å². The third kappa shape index (κ3) is 3.45. The Morgan fingerprint density at radius 2 is 1.93 bits per heavy atom. The van der Waals surface area contributed by atoms with Gasteiger partial charge in [-0.2, -0.15) is 0 Å². The van der Waals surface area contributed by atoms with Crippen molar-refractivity contribution in [3.63, 3.8) is 0 Å². The van der Waals surface area contributed by atoms with Gasteiger partial charge in [-0.05, 0) is 42.4 Å². The SMILES string of the molecule is COc1ccc(-c2ccccc2)c2c1CC(NC(=O)N1CCC3(CCOC3)CC1)=N2. The molecule has 3 heterocycles. The summed E-state index contributed by atoms with van der Waals surface area (Å²) >= 11 is 0. The van der Waals surface area contributed by atoms with Gasteiger partial charge in [0.25, 0.3) is 0 Å². The molecule has 0 atom stereocenters. The molecule has 3 aliphatic rings. The van der Waals surface area contributed by atoms with Gasteiger partial charge in [-0.15, -0.1) is 0 Å². The van der Waals surface area contributed by atoms with E-state index in [9.17, 15) is 4.79 Å². The zero-order valence-corrected chi connectivity index (χ0v) is 17.3. The molecule has 2 saturated heterocycles. The van der Waals surface area contributed by atoms with E-state index in [1.807, 2.05) is 35.2 Å². The highest BCUT2D eigenvalue weighted by Gasteiger charge is 2.39. The van der Waals surface area contributed by atoms with Crippen molar-refractivity contribution in [2.75, 3.05) is 33.4 Å². The first-order valence-electron chi connectivity index (χ1n) is 10.6. The second kappa shape index (κ2) is 7.76. The number of amidine groups is 1. The van der Waals surface area contributed by atoms with Crippen molar-refractivity contribution in [2.24, 2.45) is 10.4 Å². The summed E-state index contributed by atoms with van der Waals surface area (Å²) in [5.41, 5.74) is 4.35. The number of ether oxygens (including phenoxy) is 2. The van der Waals surface area contributed by atoms with Gasteiger partial charge < -0.3 is 14.4 Å². The van der Waals surface area contributed by atoms with Gasteiger partial charge in [-0.1, -0.05) is 30.3 Å². The number of hydrogen-bond acceptors (Lipinski definition) is 4. The number of hydrogen-bond donors (Lipinski definition) is 1. The van der Waals surface area contributed by atoms with Crippen molar-refractivity contribution in [3.05, 3.63) is 48.0 Å². The summed E-state index contributed by atoms with van der Waals surface area (Å²) in [7, 11) is 1.67. The van der Waals surface area contributed by atoms with Gasteiger partial charge in [0.1, 0.15) is 11.6 Å². The van der Waals surface area contributed by atoms with Crippen molar-refractivity contribution in [1.29, 1.82) is 0 Å². The monoisotopic (exact) mass is 405 g/mol. The largest absolute Gasteiger partial charge is 0.496 e. The highest BCUT2D eigenvalue weighted by molar-refractivity contribution is 6.04. The molecule has 2 aromatic carbocycles. The molecule has 0 radical (unpaired) electrons. The summed E-state index contributed by atoms with van der Waals surface area (Å²) in [6.07, 6.45) is 3.71. The van der Waals surface area contributed by atoms with E-state index in [-0.39, 0.29) is 11.4 Å². The van der Waals surface area contributed by atoms with Gasteiger partial charge in [0.05, 0.1) is 19.4 Å². The number of carbonyl (C=O) groups is 1. The molecule has 1 spiro atoms. The predicted molar refractivity (Wildman–Crippen MR) is 116 cm³/mol. The van der Waals surface area contributed by atoms with Crippen LogP contribution in [-0.2, 0) is 11.2 Å². The molecule has 6 heteroatoms. The molecule has 3 aliphatic heterocycles. The van der Waals surface area contributed by atoms with Crippen molar-refractivity contribution >= 4 is 17.6 Å². The number of nitrogens with zero attached hydrogens (tertiary/aromatic N) is 2. The molecule has 156 valence electrons. The van der Waals surface area contributed by atoms with Crippen LogP contribution in [0.25, 0.3) is 11.1 Å². The van der Waals surface area contributed by atoms with Crippen LogP contribution in [-0.4, -0.2) is 50.2 Å². The van der Waals surface area contributed by atoms with Crippen LogP contribution in [0.1, 0.15) is 24.8 Å². The fourth-order valence-electron chi connectivity index (χ4n) is 4.80. The van der Waals surface area contributed by atoms with E-state index in [4.69, 9.17) is 14.5 Å². The Bertz CT molecular complexity index is 971. The number of fused-ring (bicyclic) bond motifs is 1. The summed E-state index contributed by atoms with van der Waals surface area (Å²) < 4.78 is 11.2. The van der Waals surface area contributed by atoms with Crippen molar-refractivity contribution in [3.8, 4) is 16.9 Å². The number of amides is 2. The number of nitrogens with one attached hydrogen (secondary N) is 1. The third-order valence-electron chi connectivity index (χ3n) is 6.68. The topological polar surface area (TPSA) is 63.2 Å². The molecule has 5 rings (SSSR count). The molecule has 2 fully saturated rings. The van der Waals surface area contributed by atoms with Crippen LogP contribution in [0.4, 0.5) is 10.5 Å². The van der Waals surface area contributed by atoms with Gasteiger partial charge in [0.2, 0.25) is 0 Å². The second-order valence-electron chi connectivity index (χ2n) is 8.46. The van der Waals surface area contributed by atoms with Gasteiger partial charge in [0.15, 0.2) is 0 Å². The van der Waals surface area contributed by atoms with Crippen LogP contribution in [0, 0.1) is 5.41 Å². The van der Waals surface area contributed by atoms with E-state index in [0.717, 1.165) is 73.7 Å². The number of benzene rings is 2. The average Bonchev–Trinajstić information content (AvgIpc) is 3.41. The second-order valence-corrected chi connectivity index (χ2v) is 8.46. The van der Waals surface area contributed by atoms with E-state index in [1.54, 1.807) is 7.11 Å². The average molecular weight is 405 g/mol. The summed E-state index contributed by atoms with van der Waals surface area (Å²) in [4.78, 5) is 19.6. The molecule has 0 saturated carbocycles. The fourth-order valence-corrected chi connectivity index (χ4v) is 4.80. The van der Waals surface area contributed by atoms with Crippen molar-refractivity contribution in [2.45, 2.75) is 25.7 Å². The van der Waals surface area contributed by atoms with E-state index in [1.165, 1.54) is 0 Å². The normalized spacial score (nSPS) is 19.5. The van der Waals surface area contributed by atoms with Gasteiger partial charge >= 0.3 is 6.03 Å². The summed E-state index contributed by atoms with van der Waals surface area (Å²) in [5.74, 6) is 1.49. The number of methoxy groups -OCH3 is 1. The van der Waals surface area contributed by atoms with Crippen LogP contribution >= 0.6 is 0 Å². The molecule has 2 aromatic rings. The highest BCUT2D eigenvalue weighted by atomic mass is 16.5. The van der Waals surface area contributed by atoms with Crippen molar-refractivity contribution < 1.29 is 14.3 Å². The minimum Gasteiger partial charge on any atom is -0.496 e. The molecule has 30 heavy (non-hydrogen) atoms. The molecule has 0 aromatic heterocycles. The smallest absolute Gasteiger partial charge is 0.322 e. The minimum absolute atomic E-state index is 0.0597. The zero-order chi connectivity index (χ0) is 20.6. The Morgan fingerprint density at radius 1 is 1.13 bits per heavy atom. The number of aliphatic imine (C=N–C) groups is 1.